The first-order valence-electron chi connectivity index (χ1n) is 1.35. The van der Waals surface area contributed by atoms with E-state index in [2.05, 4.69) is 0 Å². The molecule has 0 aromatic carbocycles. The Morgan fingerprint density at radius 2 is 2.25 bits per heavy atom. The van der Waals surface area contributed by atoms with Crippen LogP contribution in [0.4, 0.5) is 0 Å². The SMILES string of the molecule is BCC=O. The lowest BCUT2D eigenvalue weighted by molar-refractivity contribution is -0.106. The van der Waals surface area contributed by atoms with Gasteiger partial charge in [-0.2, -0.15) is 0 Å². The second-order valence-corrected chi connectivity index (χ2v) is 0.575. The second-order valence-electron chi connectivity index (χ2n) is 0.575. The molecule has 0 radical (unpaired) electrons. The Balaban J connectivity index is 2.30. The highest BCUT2D eigenvalue weighted by Gasteiger charge is 1.54. The van der Waals surface area contributed by atoms with E-state index in [1.165, 1.54) is 0 Å². The lowest BCUT2D eigenvalue weighted by Gasteiger charge is -1.49. The summed E-state index contributed by atoms with van der Waals surface area (Å²) in [5.41, 5.74) is 0. The third-order valence-electron chi connectivity index (χ3n) is 0.167. The minimum absolute atomic E-state index is 0.639. The number of aldehydes is 1. The summed E-state index contributed by atoms with van der Waals surface area (Å²) in [5.74, 6) is 0. The molecule has 0 atom stereocenters. The first kappa shape index (κ1) is 3.73. The lowest BCUT2D eigenvalue weighted by atomic mass is 10.1. The van der Waals surface area contributed by atoms with Crippen LogP contribution in [0.1, 0.15) is 0 Å². The summed E-state index contributed by atoms with van der Waals surface area (Å²) in [6, 6.07) is 0. The summed E-state index contributed by atoms with van der Waals surface area (Å²) in [4.78, 5) is 9.17. The Morgan fingerprint density at radius 1 is 2.00 bits per heavy atom. The van der Waals surface area contributed by atoms with Crippen molar-refractivity contribution >= 4 is 14.1 Å². The minimum atomic E-state index is 0.639. The molecule has 0 aliphatic heterocycles. The Bertz CT molecular complexity index is 20.0. The quantitative estimate of drug-likeness (QED) is 0.285. The van der Waals surface area contributed by atoms with Crippen molar-refractivity contribution in [3.8, 4) is 0 Å². The van der Waals surface area contributed by atoms with Gasteiger partial charge in [0, 0.05) is 0 Å². The molecular formula is C2H5BO. The van der Waals surface area contributed by atoms with Crippen molar-refractivity contribution in [3.63, 3.8) is 0 Å². The van der Waals surface area contributed by atoms with Crippen LogP contribution in [0.2, 0.25) is 6.32 Å². The summed E-state index contributed by atoms with van der Waals surface area (Å²) in [6.45, 7) is 0. The monoisotopic (exact) mass is 56.0 g/mol. The zero-order chi connectivity index (χ0) is 3.41. The Morgan fingerprint density at radius 3 is 2.25 bits per heavy atom. The average Bonchev–Trinajstić information content (AvgIpc) is 1.37. The molecule has 0 bridgehead atoms. The number of carbonyl (C=O) groups excluding carboxylic acids is 1. The molecule has 0 saturated carbocycles. The van der Waals surface area contributed by atoms with Gasteiger partial charge in [0.05, 0.1) is 0 Å². The highest BCUT2D eigenvalue weighted by atomic mass is 16.1. The largest absolute Gasteiger partial charge is 0.304 e. The molecule has 0 fully saturated rings. The van der Waals surface area contributed by atoms with Crippen molar-refractivity contribution in [1.29, 1.82) is 0 Å². The molecular weight excluding hydrogens is 50.8 g/mol. The van der Waals surface area contributed by atoms with E-state index < -0.39 is 0 Å². The number of hydrogen-bond acceptors (Lipinski definition) is 1. The van der Waals surface area contributed by atoms with Crippen LogP contribution in [-0.4, -0.2) is 14.1 Å². The van der Waals surface area contributed by atoms with Gasteiger partial charge in [0.15, 0.2) is 0 Å². The molecule has 0 unspecified atom stereocenters. The van der Waals surface area contributed by atoms with Crippen LogP contribution in [0.25, 0.3) is 0 Å². The van der Waals surface area contributed by atoms with Crippen LogP contribution in [-0.2, 0) is 4.79 Å². The van der Waals surface area contributed by atoms with Gasteiger partial charge in [0.25, 0.3) is 0 Å². The van der Waals surface area contributed by atoms with Gasteiger partial charge >= 0.3 is 0 Å². The van der Waals surface area contributed by atoms with Crippen LogP contribution >= 0.6 is 0 Å². The van der Waals surface area contributed by atoms with Gasteiger partial charge in [-0.3, -0.25) is 0 Å². The predicted octanol–water partition coefficient (Wildman–Crippen LogP) is -0.763. The van der Waals surface area contributed by atoms with E-state index in [9.17, 15) is 4.79 Å². The summed E-state index contributed by atoms with van der Waals surface area (Å²) >= 11 is 0. The second kappa shape index (κ2) is 2.73. The normalized spacial score (nSPS) is 6.00. The van der Waals surface area contributed by atoms with Crippen LogP contribution in [0, 0.1) is 0 Å². The number of carbonyl (C=O) groups is 1. The molecule has 22 valence electrons. The Hall–Kier alpha value is -0.265. The van der Waals surface area contributed by atoms with E-state index in [1.807, 2.05) is 7.85 Å². The molecule has 0 aliphatic rings. The van der Waals surface area contributed by atoms with Crippen LogP contribution < -0.4 is 0 Å². The maximum atomic E-state index is 9.17. The third-order valence-corrected chi connectivity index (χ3v) is 0.167. The molecule has 0 saturated heterocycles. The molecule has 2 heteroatoms. The van der Waals surface area contributed by atoms with Gasteiger partial charge in [0.2, 0.25) is 0 Å². The Kier molecular flexibility index (Phi) is 2.55. The van der Waals surface area contributed by atoms with Crippen LogP contribution in [0.3, 0.4) is 0 Å². The summed E-state index contributed by atoms with van der Waals surface area (Å²) < 4.78 is 0. The van der Waals surface area contributed by atoms with Crippen LogP contribution in [0.5, 0.6) is 0 Å². The van der Waals surface area contributed by atoms with E-state index in [4.69, 9.17) is 0 Å². The van der Waals surface area contributed by atoms with Crippen molar-refractivity contribution in [2.75, 3.05) is 0 Å². The standard InChI is InChI=1S/C2H5BO/c3-1-2-4/h2H,1,3H2. The summed E-state index contributed by atoms with van der Waals surface area (Å²) in [6.07, 6.45) is 1.51. The van der Waals surface area contributed by atoms with Gasteiger partial charge in [-0.05, 0) is 6.32 Å². The molecule has 0 N–H and O–H groups in total. The van der Waals surface area contributed by atoms with Crippen molar-refractivity contribution in [2.24, 2.45) is 0 Å². The molecule has 4 heavy (non-hydrogen) atoms. The van der Waals surface area contributed by atoms with E-state index in [0.29, 0.717) is 6.32 Å². The smallest absolute Gasteiger partial charge is 0.112 e. The van der Waals surface area contributed by atoms with Crippen molar-refractivity contribution < 1.29 is 4.79 Å². The van der Waals surface area contributed by atoms with E-state index in [1.54, 1.807) is 0 Å². The lowest BCUT2D eigenvalue weighted by Crippen LogP contribution is -1.61. The van der Waals surface area contributed by atoms with E-state index in [0.717, 1.165) is 6.29 Å². The molecule has 0 aromatic rings. The predicted molar refractivity (Wildman–Crippen MR) is 19.4 cm³/mol. The van der Waals surface area contributed by atoms with Gasteiger partial charge in [-0.1, -0.05) is 0 Å². The summed E-state index contributed by atoms with van der Waals surface area (Å²) in [7, 11) is 1.81. The van der Waals surface area contributed by atoms with Gasteiger partial charge in [-0.25, -0.2) is 0 Å². The van der Waals surface area contributed by atoms with Gasteiger partial charge < -0.3 is 4.79 Å². The Labute approximate surface area is 26.4 Å². The van der Waals surface area contributed by atoms with E-state index >= 15 is 0 Å². The first-order chi connectivity index (χ1) is 1.91. The van der Waals surface area contributed by atoms with E-state index in [-0.39, 0.29) is 0 Å². The third kappa shape index (κ3) is 1.73. The highest BCUT2D eigenvalue weighted by Crippen LogP contribution is 1.46. The minimum Gasteiger partial charge on any atom is -0.304 e. The number of hydrogen-bond donors (Lipinski definition) is 0. The molecule has 0 heterocycles. The molecule has 0 rings (SSSR count). The van der Waals surface area contributed by atoms with Crippen LogP contribution in [0.15, 0.2) is 0 Å². The fourth-order valence-corrected chi connectivity index (χ4v) is 0. The molecule has 1 nitrogen and oxygen atoms in total. The molecule has 0 spiro atoms. The first-order valence-corrected chi connectivity index (χ1v) is 1.35. The van der Waals surface area contributed by atoms with Crippen molar-refractivity contribution in [1.82, 2.24) is 0 Å². The topological polar surface area (TPSA) is 17.1 Å². The zero-order valence-corrected chi connectivity index (χ0v) is 2.69. The average molecular weight is 55.9 g/mol. The fourth-order valence-electron chi connectivity index (χ4n) is 0. The maximum Gasteiger partial charge on any atom is 0.112 e. The number of rotatable bonds is 1. The van der Waals surface area contributed by atoms with Gasteiger partial charge in [-0.15, -0.1) is 0 Å². The highest BCUT2D eigenvalue weighted by molar-refractivity contribution is 6.15. The van der Waals surface area contributed by atoms with Gasteiger partial charge in [0.1, 0.15) is 14.1 Å². The summed E-state index contributed by atoms with van der Waals surface area (Å²) in [5, 5.41) is 0. The fraction of sp³-hybridized carbons (Fsp3) is 0.500. The molecule has 0 aliphatic carbocycles. The zero-order valence-electron chi connectivity index (χ0n) is 2.69. The molecule has 0 aromatic heterocycles. The molecule has 0 amide bonds. The van der Waals surface area contributed by atoms with Crippen molar-refractivity contribution in [3.05, 3.63) is 0 Å². The maximum absolute atomic E-state index is 9.17. The van der Waals surface area contributed by atoms with Crippen molar-refractivity contribution in [2.45, 2.75) is 6.32 Å².